The molecule has 1 N–H and O–H groups in total. The maximum atomic E-state index is 13.2. The van der Waals surface area contributed by atoms with E-state index in [1.165, 1.54) is 18.9 Å². The number of nitrogens with one attached hydrogen (secondary N) is 1. The van der Waals surface area contributed by atoms with Crippen molar-refractivity contribution in [1.82, 2.24) is 10.3 Å². The lowest BCUT2D eigenvalue weighted by molar-refractivity contribution is 0.454. The molecule has 1 aromatic heterocycles. The van der Waals surface area contributed by atoms with Crippen molar-refractivity contribution in [1.29, 1.82) is 0 Å². The predicted molar refractivity (Wildman–Crippen MR) is 75.3 cm³/mol. The quantitative estimate of drug-likeness (QED) is 0.911. The molecule has 1 aliphatic rings. The van der Waals surface area contributed by atoms with Gasteiger partial charge in [-0.05, 0) is 31.9 Å². The van der Waals surface area contributed by atoms with Crippen molar-refractivity contribution in [3.8, 4) is 11.5 Å². The van der Waals surface area contributed by atoms with Gasteiger partial charge in [0.1, 0.15) is 11.5 Å². The van der Waals surface area contributed by atoms with Crippen molar-refractivity contribution in [2.24, 2.45) is 0 Å². The van der Waals surface area contributed by atoms with Crippen molar-refractivity contribution in [3.05, 3.63) is 53.4 Å². The van der Waals surface area contributed by atoms with Crippen LogP contribution in [0.15, 0.2) is 30.5 Å². The predicted octanol–water partition coefficient (Wildman–Crippen LogP) is 3.71. The Balaban J connectivity index is 1.81. The van der Waals surface area contributed by atoms with Crippen molar-refractivity contribution >= 4 is 0 Å². The number of pyridine rings is 1. The highest BCUT2D eigenvalue weighted by atomic mass is 19.2. The van der Waals surface area contributed by atoms with Gasteiger partial charge in [0.15, 0.2) is 11.6 Å². The van der Waals surface area contributed by atoms with Gasteiger partial charge in [0.05, 0.1) is 0 Å². The summed E-state index contributed by atoms with van der Waals surface area (Å²) >= 11 is 0. The molecule has 0 amide bonds. The van der Waals surface area contributed by atoms with Crippen molar-refractivity contribution in [2.75, 3.05) is 0 Å². The molecule has 0 unspecified atom stereocenters. The van der Waals surface area contributed by atoms with Crippen LogP contribution in [0.3, 0.4) is 0 Å². The molecule has 110 valence electrons. The van der Waals surface area contributed by atoms with Gasteiger partial charge in [0.2, 0.25) is 0 Å². The third-order valence-electron chi connectivity index (χ3n) is 3.36. The molecular formula is C16H16F2N2O. The number of nitrogens with zero attached hydrogens (tertiary/aromatic N) is 1. The summed E-state index contributed by atoms with van der Waals surface area (Å²) in [6.07, 6.45) is 4.14. The van der Waals surface area contributed by atoms with E-state index in [2.05, 4.69) is 10.3 Å². The lowest BCUT2D eigenvalue weighted by atomic mass is 10.2. The zero-order valence-corrected chi connectivity index (χ0v) is 11.7. The summed E-state index contributed by atoms with van der Waals surface area (Å²) in [7, 11) is 0. The van der Waals surface area contributed by atoms with E-state index in [0.29, 0.717) is 18.3 Å². The van der Waals surface area contributed by atoms with Crippen molar-refractivity contribution in [2.45, 2.75) is 32.4 Å². The fraction of sp³-hybridized carbons (Fsp3) is 0.312. The van der Waals surface area contributed by atoms with Crippen LogP contribution in [0.4, 0.5) is 8.78 Å². The Labute approximate surface area is 122 Å². The van der Waals surface area contributed by atoms with Gasteiger partial charge in [0.25, 0.3) is 0 Å². The first-order valence-electron chi connectivity index (χ1n) is 6.93. The Morgan fingerprint density at radius 1 is 1.24 bits per heavy atom. The topological polar surface area (TPSA) is 34.1 Å². The summed E-state index contributed by atoms with van der Waals surface area (Å²) in [6, 6.07) is 5.88. The van der Waals surface area contributed by atoms with Gasteiger partial charge >= 0.3 is 0 Å². The first kappa shape index (κ1) is 13.9. The number of rotatable bonds is 5. The average Bonchev–Trinajstić information content (AvgIpc) is 3.26. The van der Waals surface area contributed by atoms with E-state index in [4.69, 9.17) is 4.74 Å². The van der Waals surface area contributed by atoms with Crippen LogP contribution in [0, 0.1) is 18.6 Å². The molecule has 3 rings (SSSR count). The molecule has 0 aliphatic heterocycles. The molecule has 0 bridgehead atoms. The van der Waals surface area contributed by atoms with Gasteiger partial charge in [-0.1, -0.05) is 0 Å². The SMILES string of the molecule is Cc1cc(Oc2ccc(F)c(F)c2)c(CNC2CC2)cn1. The van der Waals surface area contributed by atoms with E-state index in [9.17, 15) is 8.78 Å². The minimum Gasteiger partial charge on any atom is -0.457 e. The standard InChI is InChI=1S/C16H16F2N2O/c1-10-6-16(11(8-19-10)9-20-12-2-3-12)21-13-4-5-14(17)15(18)7-13/h4-8,12,20H,2-3,9H2,1H3. The van der Waals surface area contributed by atoms with Gasteiger partial charge in [-0.3, -0.25) is 4.98 Å². The van der Waals surface area contributed by atoms with Crippen LogP contribution in [0.5, 0.6) is 11.5 Å². The number of aryl methyl sites for hydroxylation is 1. The van der Waals surface area contributed by atoms with Crippen LogP contribution in [0.1, 0.15) is 24.1 Å². The van der Waals surface area contributed by atoms with E-state index in [1.54, 1.807) is 12.3 Å². The Hall–Kier alpha value is -2.01. The normalized spacial score (nSPS) is 14.2. The summed E-state index contributed by atoms with van der Waals surface area (Å²) < 4.78 is 31.9. The third kappa shape index (κ3) is 3.55. The minimum atomic E-state index is -0.920. The van der Waals surface area contributed by atoms with Gasteiger partial charge in [-0.15, -0.1) is 0 Å². The summed E-state index contributed by atoms with van der Waals surface area (Å²) in [5.41, 5.74) is 1.71. The fourth-order valence-electron chi connectivity index (χ4n) is 2.00. The Morgan fingerprint density at radius 3 is 2.76 bits per heavy atom. The molecule has 0 radical (unpaired) electrons. The van der Waals surface area contributed by atoms with E-state index in [-0.39, 0.29) is 5.75 Å². The highest BCUT2D eigenvalue weighted by Crippen LogP contribution is 2.28. The second-order valence-electron chi connectivity index (χ2n) is 5.27. The van der Waals surface area contributed by atoms with Gasteiger partial charge < -0.3 is 10.1 Å². The molecule has 21 heavy (non-hydrogen) atoms. The van der Waals surface area contributed by atoms with E-state index < -0.39 is 11.6 Å². The highest BCUT2D eigenvalue weighted by Gasteiger charge is 2.21. The highest BCUT2D eigenvalue weighted by molar-refractivity contribution is 5.38. The van der Waals surface area contributed by atoms with Gasteiger partial charge in [0, 0.05) is 42.2 Å². The van der Waals surface area contributed by atoms with Crippen LogP contribution >= 0.6 is 0 Å². The minimum absolute atomic E-state index is 0.271. The number of aromatic nitrogens is 1. The van der Waals surface area contributed by atoms with Crippen molar-refractivity contribution in [3.63, 3.8) is 0 Å². The molecular weight excluding hydrogens is 274 g/mol. The fourth-order valence-corrected chi connectivity index (χ4v) is 2.00. The summed E-state index contributed by atoms with van der Waals surface area (Å²) in [6.45, 7) is 2.51. The van der Waals surface area contributed by atoms with Crippen LogP contribution in [-0.2, 0) is 6.54 Å². The molecule has 0 spiro atoms. The van der Waals surface area contributed by atoms with Gasteiger partial charge in [-0.25, -0.2) is 8.78 Å². The summed E-state index contributed by atoms with van der Waals surface area (Å²) in [5, 5.41) is 3.38. The zero-order valence-electron chi connectivity index (χ0n) is 11.7. The van der Waals surface area contributed by atoms with Crippen molar-refractivity contribution < 1.29 is 13.5 Å². The van der Waals surface area contributed by atoms with Crippen LogP contribution in [-0.4, -0.2) is 11.0 Å². The largest absolute Gasteiger partial charge is 0.457 e. The number of hydrogen-bond acceptors (Lipinski definition) is 3. The maximum absolute atomic E-state index is 13.2. The molecule has 5 heteroatoms. The van der Waals surface area contributed by atoms with E-state index in [0.717, 1.165) is 23.4 Å². The molecule has 2 aromatic rings. The Bertz CT molecular complexity index is 657. The smallest absolute Gasteiger partial charge is 0.162 e. The molecule has 0 atom stereocenters. The Kier molecular flexibility index (Phi) is 3.84. The molecule has 1 aliphatic carbocycles. The third-order valence-corrected chi connectivity index (χ3v) is 3.36. The molecule has 0 saturated heterocycles. The number of halogens is 2. The van der Waals surface area contributed by atoms with Crippen LogP contribution < -0.4 is 10.1 Å². The van der Waals surface area contributed by atoms with Crippen LogP contribution in [0.25, 0.3) is 0 Å². The average molecular weight is 290 g/mol. The zero-order chi connectivity index (χ0) is 14.8. The molecule has 1 fully saturated rings. The first-order valence-corrected chi connectivity index (χ1v) is 6.93. The number of ether oxygens (including phenoxy) is 1. The lowest BCUT2D eigenvalue weighted by Crippen LogP contribution is -2.16. The molecule has 3 nitrogen and oxygen atoms in total. The van der Waals surface area contributed by atoms with Gasteiger partial charge in [-0.2, -0.15) is 0 Å². The second kappa shape index (κ2) is 5.77. The summed E-state index contributed by atoms with van der Waals surface area (Å²) in [5.74, 6) is -0.923. The number of hydrogen-bond donors (Lipinski definition) is 1. The summed E-state index contributed by atoms with van der Waals surface area (Å²) in [4.78, 5) is 4.26. The monoisotopic (exact) mass is 290 g/mol. The Morgan fingerprint density at radius 2 is 2.05 bits per heavy atom. The first-order chi connectivity index (χ1) is 10.1. The molecule has 1 aromatic carbocycles. The van der Waals surface area contributed by atoms with Crippen LogP contribution in [0.2, 0.25) is 0 Å². The second-order valence-corrected chi connectivity index (χ2v) is 5.27. The lowest BCUT2D eigenvalue weighted by Gasteiger charge is -2.12. The number of benzene rings is 1. The van der Waals surface area contributed by atoms with E-state index >= 15 is 0 Å². The van der Waals surface area contributed by atoms with E-state index in [1.807, 2.05) is 6.92 Å². The molecule has 1 heterocycles. The molecule has 1 saturated carbocycles. The maximum Gasteiger partial charge on any atom is 0.162 e.